The lowest BCUT2D eigenvalue weighted by molar-refractivity contribution is 0.111. The minimum absolute atomic E-state index is 0.380. The first kappa shape index (κ1) is 14.0. The average molecular weight is 298 g/mol. The minimum Gasteiger partial charge on any atom is -0.296 e. The topological polar surface area (TPSA) is 47.8 Å². The van der Waals surface area contributed by atoms with Crippen LogP contribution < -0.4 is 0 Å². The van der Waals surface area contributed by atoms with Gasteiger partial charge in [-0.1, -0.05) is 47.8 Å². The SMILES string of the molecule is CCCc1c(C=O)nnn1Cc1c(Cl)cccc1Cl. The molecule has 0 unspecified atom stereocenters. The Morgan fingerprint density at radius 3 is 2.58 bits per heavy atom. The van der Waals surface area contributed by atoms with Crippen LogP contribution in [-0.4, -0.2) is 21.3 Å². The van der Waals surface area contributed by atoms with Crippen LogP contribution in [0.3, 0.4) is 0 Å². The Bertz CT molecular complexity index is 575. The summed E-state index contributed by atoms with van der Waals surface area (Å²) in [4.78, 5) is 10.9. The van der Waals surface area contributed by atoms with Crippen molar-refractivity contribution in [2.45, 2.75) is 26.3 Å². The van der Waals surface area contributed by atoms with Crippen LogP contribution in [0.1, 0.15) is 35.1 Å². The Kier molecular flexibility index (Phi) is 4.56. The molecule has 0 fully saturated rings. The lowest BCUT2D eigenvalue weighted by Crippen LogP contribution is -2.08. The molecule has 4 nitrogen and oxygen atoms in total. The van der Waals surface area contributed by atoms with E-state index in [9.17, 15) is 4.79 Å². The average Bonchev–Trinajstić information content (AvgIpc) is 2.77. The van der Waals surface area contributed by atoms with Crippen LogP contribution in [-0.2, 0) is 13.0 Å². The zero-order valence-electron chi connectivity index (χ0n) is 10.4. The van der Waals surface area contributed by atoms with Gasteiger partial charge in [0.05, 0.1) is 12.2 Å². The molecule has 100 valence electrons. The van der Waals surface area contributed by atoms with Gasteiger partial charge in [-0.05, 0) is 18.6 Å². The van der Waals surface area contributed by atoms with Gasteiger partial charge in [-0.3, -0.25) is 4.79 Å². The second kappa shape index (κ2) is 6.17. The molecular weight excluding hydrogens is 285 g/mol. The second-order valence-corrected chi connectivity index (χ2v) is 4.96. The Morgan fingerprint density at radius 2 is 2.00 bits per heavy atom. The summed E-state index contributed by atoms with van der Waals surface area (Å²) in [5, 5.41) is 9.03. The first-order valence-electron chi connectivity index (χ1n) is 5.97. The Labute approximate surface area is 121 Å². The molecule has 1 heterocycles. The van der Waals surface area contributed by atoms with E-state index in [1.807, 2.05) is 6.92 Å². The van der Waals surface area contributed by atoms with E-state index in [-0.39, 0.29) is 0 Å². The molecule has 0 radical (unpaired) electrons. The lowest BCUT2D eigenvalue weighted by atomic mass is 10.2. The van der Waals surface area contributed by atoms with Crippen molar-refractivity contribution >= 4 is 29.5 Å². The summed E-state index contributed by atoms with van der Waals surface area (Å²) in [7, 11) is 0. The van der Waals surface area contributed by atoms with Gasteiger partial charge in [0, 0.05) is 15.6 Å². The molecule has 19 heavy (non-hydrogen) atoms. The summed E-state index contributed by atoms with van der Waals surface area (Å²) in [5.74, 6) is 0. The van der Waals surface area contributed by atoms with E-state index >= 15 is 0 Å². The van der Waals surface area contributed by atoms with Crippen molar-refractivity contribution in [2.75, 3.05) is 0 Å². The number of rotatable bonds is 5. The molecule has 0 spiro atoms. The van der Waals surface area contributed by atoms with Gasteiger partial charge in [-0.2, -0.15) is 0 Å². The van der Waals surface area contributed by atoms with Gasteiger partial charge in [-0.25, -0.2) is 4.68 Å². The third-order valence-corrected chi connectivity index (χ3v) is 3.54. The molecular formula is C13H13Cl2N3O. The highest BCUT2D eigenvalue weighted by Gasteiger charge is 2.14. The summed E-state index contributed by atoms with van der Waals surface area (Å²) in [6, 6.07) is 5.35. The summed E-state index contributed by atoms with van der Waals surface area (Å²) in [5.41, 5.74) is 1.98. The Balaban J connectivity index is 2.38. The number of nitrogens with zero attached hydrogens (tertiary/aromatic N) is 3. The maximum atomic E-state index is 10.9. The molecule has 0 saturated carbocycles. The molecule has 2 aromatic rings. The highest BCUT2D eigenvalue weighted by molar-refractivity contribution is 6.35. The van der Waals surface area contributed by atoms with Crippen molar-refractivity contribution in [3.8, 4) is 0 Å². The number of carbonyl (C=O) groups is 1. The van der Waals surface area contributed by atoms with Gasteiger partial charge < -0.3 is 0 Å². The van der Waals surface area contributed by atoms with Crippen LogP contribution in [0.4, 0.5) is 0 Å². The van der Waals surface area contributed by atoms with Crippen LogP contribution in [0.2, 0.25) is 10.0 Å². The Morgan fingerprint density at radius 1 is 1.32 bits per heavy atom. The molecule has 1 aromatic heterocycles. The van der Waals surface area contributed by atoms with E-state index in [2.05, 4.69) is 10.3 Å². The Hall–Kier alpha value is -1.39. The molecule has 0 aliphatic heterocycles. The molecule has 0 aliphatic carbocycles. The fourth-order valence-electron chi connectivity index (χ4n) is 1.89. The third-order valence-electron chi connectivity index (χ3n) is 2.84. The number of hydrogen-bond donors (Lipinski definition) is 0. The number of aromatic nitrogens is 3. The zero-order chi connectivity index (χ0) is 13.8. The molecule has 1 aromatic carbocycles. The molecule has 0 saturated heterocycles. The standard InChI is InChI=1S/C13H13Cl2N3O/c1-2-4-13-12(8-19)16-17-18(13)7-9-10(14)5-3-6-11(9)15/h3,5-6,8H,2,4,7H2,1H3. The summed E-state index contributed by atoms with van der Waals surface area (Å²) in [6.45, 7) is 2.45. The summed E-state index contributed by atoms with van der Waals surface area (Å²) < 4.78 is 1.68. The van der Waals surface area contributed by atoms with Gasteiger partial charge in [0.2, 0.25) is 0 Å². The highest BCUT2D eigenvalue weighted by Crippen LogP contribution is 2.25. The summed E-state index contributed by atoms with van der Waals surface area (Å²) in [6.07, 6.45) is 2.37. The predicted octanol–water partition coefficient (Wildman–Crippen LogP) is 3.40. The van der Waals surface area contributed by atoms with Crippen LogP contribution in [0.15, 0.2) is 18.2 Å². The molecule has 6 heteroatoms. The highest BCUT2D eigenvalue weighted by atomic mass is 35.5. The van der Waals surface area contributed by atoms with E-state index in [4.69, 9.17) is 23.2 Å². The van der Waals surface area contributed by atoms with E-state index in [1.165, 1.54) is 0 Å². The molecule has 0 atom stereocenters. The summed E-state index contributed by atoms with van der Waals surface area (Å²) >= 11 is 12.3. The second-order valence-electron chi connectivity index (χ2n) is 4.15. The largest absolute Gasteiger partial charge is 0.296 e. The van der Waals surface area contributed by atoms with Crippen molar-refractivity contribution in [3.63, 3.8) is 0 Å². The monoisotopic (exact) mass is 297 g/mol. The van der Waals surface area contributed by atoms with Crippen molar-refractivity contribution in [1.82, 2.24) is 15.0 Å². The van der Waals surface area contributed by atoms with E-state index in [1.54, 1.807) is 22.9 Å². The van der Waals surface area contributed by atoms with Gasteiger partial charge in [0.25, 0.3) is 0 Å². The molecule has 2 rings (SSSR count). The van der Waals surface area contributed by atoms with Crippen LogP contribution in [0.25, 0.3) is 0 Å². The van der Waals surface area contributed by atoms with Crippen molar-refractivity contribution < 1.29 is 4.79 Å². The van der Waals surface area contributed by atoms with E-state index < -0.39 is 0 Å². The van der Waals surface area contributed by atoms with Crippen LogP contribution in [0, 0.1) is 0 Å². The number of aldehydes is 1. The van der Waals surface area contributed by atoms with Gasteiger partial charge in [-0.15, -0.1) is 5.10 Å². The molecule has 0 aliphatic rings. The fraction of sp³-hybridized carbons (Fsp3) is 0.308. The van der Waals surface area contributed by atoms with Crippen molar-refractivity contribution in [3.05, 3.63) is 45.2 Å². The molecule has 0 bridgehead atoms. The number of hydrogen-bond acceptors (Lipinski definition) is 3. The van der Waals surface area contributed by atoms with Crippen molar-refractivity contribution in [2.24, 2.45) is 0 Å². The maximum absolute atomic E-state index is 10.9. The fourth-order valence-corrected chi connectivity index (χ4v) is 2.41. The normalized spacial score (nSPS) is 10.7. The van der Waals surface area contributed by atoms with E-state index in [0.29, 0.717) is 22.3 Å². The smallest absolute Gasteiger partial charge is 0.172 e. The van der Waals surface area contributed by atoms with Crippen LogP contribution >= 0.6 is 23.2 Å². The van der Waals surface area contributed by atoms with Gasteiger partial charge in [0.1, 0.15) is 5.69 Å². The number of carbonyl (C=O) groups excluding carboxylic acids is 1. The number of halogens is 2. The zero-order valence-corrected chi connectivity index (χ0v) is 11.9. The van der Waals surface area contributed by atoms with Crippen molar-refractivity contribution in [1.29, 1.82) is 0 Å². The molecule has 0 N–H and O–H groups in total. The minimum atomic E-state index is 0.380. The van der Waals surface area contributed by atoms with Gasteiger partial charge >= 0.3 is 0 Å². The molecule has 0 amide bonds. The van der Waals surface area contributed by atoms with Gasteiger partial charge in [0.15, 0.2) is 6.29 Å². The first-order chi connectivity index (χ1) is 9.17. The number of benzene rings is 1. The van der Waals surface area contributed by atoms with Crippen LogP contribution in [0.5, 0.6) is 0 Å². The first-order valence-corrected chi connectivity index (χ1v) is 6.73. The third kappa shape index (κ3) is 2.96. The lowest BCUT2D eigenvalue weighted by Gasteiger charge is -2.09. The van der Waals surface area contributed by atoms with E-state index in [0.717, 1.165) is 30.4 Å². The quantitative estimate of drug-likeness (QED) is 0.795. The predicted molar refractivity (Wildman–Crippen MR) is 75.0 cm³/mol. The maximum Gasteiger partial charge on any atom is 0.172 e.